The maximum atomic E-state index is 2.53. The molecule has 0 aromatic heterocycles. The van der Waals surface area contributed by atoms with E-state index in [0.29, 0.717) is 5.41 Å². The van der Waals surface area contributed by atoms with Crippen LogP contribution in [0.25, 0.3) is 0 Å². The third-order valence-corrected chi connectivity index (χ3v) is 4.69. The zero-order valence-electron chi connectivity index (χ0n) is 8.60. The Balaban J connectivity index is 2.13. The maximum Gasteiger partial charge on any atom is -0.0300 e. The highest BCUT2D eigenvalue weighted by molar-refractivity contribution is 4.90. The smallest absolute Gasteiger partial charge is 0.0300 e. The first-order valence-electron chi connectivity index (χ1n) is 5.74. The first-order chi connectivity index (χ1) is 5.74. The Morgan fingerprint density at radius 1 is 1.25 bits per heavy atom. The van der Waals surface area contributed by atoms with Gasteiger partial charge in [0.25, 0.3) is 0 Å². The van der Waals surface area contributed by atoms with Gasteiger partial charge in [-0.05, 0) is 36.5 Å². The molecule has 0 aromatic carbocycles. The normalized spacial score (nSPS) is 47.5. The highest BCUT2D eigenvalue weighted by Crippen LogP contribution is 2.51. The molecule has 2 fully saturated rings. The predicted octanol–water partition coefficient (Wildman–Crippen LogP) is 4.00. The molecule has 70 valence electrons. The van der Waals surface area contributed by atoms with Gasteiger partial charge in [-0.25, -0.2) is 0 Å². The van der Waals surface area contributed by atoms with E-state index in [1.807, 2.05) is 0 Å². The van der Waals surface area contributed by atoms with Gasteiger partial charge in [0, 0.05) is 0 Å². The van der Waals surface area contributed by atoms with Crippen molar-refractivity contribution in [3.63, 3.8) is 0 Å². The van der Waals surface area contributed by atoms with Crippen LogP contribution in [0.1, 0.15) is 58.8 Å². The lowest BCUT2D eigenvalue weighted by Gasteiger charge is -2.34. The van der Waals surface area contributed by atoms with Crippen LogP contribution in [0.3, 0.4) is 0 Å². The summed E-state index contributed by atoms with van der Waals surface area (Å²) in [5.41, 5.74) is 0.714. The molecule has 0 heterocycles. The second kappa shape index (κ2) is 3.05. The SMILES string of the molecule is CCC1(C)CCCC2CCC1C2. The Labute approximate surface area is 76.7 Å². The van der Waals surface area contributed by atoms with Gasteiger partial charge in [-0.2, -0.15) is 0 Å². The van der Waals surface area contributed by atoms with Crippen molar-refractivity contribution in [2.45, 2.75) is 58.8 Å². The Kier molecular flexibility index (Phi) is 2.18. The van der Waals surface area contributed by atoms with Crippen molar-refractivity contribution in [1.29, 1.82) is 0 Å². The zero-order valence-corrected chi connectivity index (χ0v) is 8.60. The Hall–Kier alpha value is 0. The van der Waals surface area contributed by atoms with Crippen molar-refractivity contribution in [3.05, 3.63) is 0 Å². The maximum absolute atomic E-state index is 2.53. The van der Waals surface area contributed by atoms with Gasteiger partial charge in [-0.3, -0.25) is 0 Å². The van der Waals surface area contributed by atoms with E-state index in [9.17, 15) is 0 Å². The van der Waals surface area contributed by atoms with E-state index in [0.717, 1.165) is 11.8 Å². The largest absolute Gasteiger partial charge is 0.0649 e. The highest BCUT2D eigenvalue weighted by Gasteiger charge is 2.39. The van der Waals surface area contributed by atoms with Crippen molar-refractivity contribution in [2.24, 2.45) is 17.3 Å². The predicted molar refractivity (Wildman–Crippen MR) is 53.1 cm³/mol. The van der Waals surface area contributed by atoms with E-state index in [1.54, 1.807) is 12.8 Å². The van der Waals surface area contributed by atoms with Crippen LogP contribution in [0.4, 0.5) is 0 Å². The van der Waals surface area contributed by atoms with E-state index in [2.05, 4.69) is 13.8 Å². The quantitative estimate of drug-likeness (QED) is 0.552. The van der Waals surface area contributed by atoms with Crippen molar-refractivity contribution in [2.75, 3.05) is 0 Å². The van der Waals surface area contributed by atoms with Crippen LogP contribution in [0.5, 0.6) is 0 Å². The summed E-state index contributed by atoms with van der Waals surface area (Å²) in [5, 5.41) is 0. The summed E-state index contributed by atoms with van der Waals surface area (Å²) in [4.78, 5) is 0. The Morgan fingerprint density at radius 3 is 2.83 bits per heavy atom. The van der Waals surface area contributed by atoms with Crippen molar-refractivity contribution < 1.29 is 0 Å². The number of hydrogen-bond acceptors (Lipinski definition) is 0. The minimum Gasteiger partial charge on any atom is -0.0649 e. The van der Waals surface area contributed by atoms with Gasteiger partial charge in [-0.15, -0.1) is 0 Å². The van der Waals surface area contributed by atoms with E-state index >= 15 is 0 Å². The topological polar surface area (TPSA) is 0 Å². The third-order valence-electron chi connectivity index (χ3n) is 4.69. The molecular formula is C12H22. The van der Waals surface area contributed by atoms with Gasteiger partial charge >= 0.3 is 0 Å². The molecule has 2 rings (SSSR count). The van der Waals surface area contributed by atoms with E-state index in [-0.39, 0.29) is 0 Å². The second-order valence-electron chi connectivity index (χ2n) is 5.28. The van der Waals surface area contributed by atoms with Crippen LogP contribution in [-0.2, 0) is 0 Å². The molecule has 0 spiro atoms. The molecule has 2 bridgehead atoms. The first-order valence-corrected chi connectivity index (χ1v) is 5.74. The van der Waals surface area contributed by atoms with Crippen LogP contribution in [0.15, 0.2) is 0 Å². The van der Waals surface area contributed by atoms with Crippen LogP contribution < -0.4 is 0 Å². The van der Waals surface area contributed by atoms with Crippen LogP contribution in [0.2, 0.25) is 0 Å². The molecule has 0 aliphatic heterocycles. The van der Waals surface area contributed by atoms with E-state index < -0.39 is 0 Å². The summed E-state index contributed by atoms with van der Waals surface area (Å²) in [5.74, 6) is 2.19. The molecule has 12 heavy (non-hydrogen) atoms. The lowest BCUT2D eigenvalue weighted by Crippen LogP contribution is -2.23. The molecular weight excluding hydrogens is 144 g/mol. The lowest BCUT2D eigenvalue weighted by atomic mass is 9.72. The van der Waals surface area contributed by atoms with Crippen molar-refractivity contribution in [3.8, 4) is 0 Å². The summed E-state index contributed by atoms with van der Waals surface area (Å²) < 4.78 is 0. The van der Waals surface area contributed by atoms with E-state index in [1.165, 1.54) is 32.1 Å². The fourth-order valence-corrected chi connectivity index (χ4v) is 3.43. The van der Waals surface area contributed by atoms with Crippen LogP contribution in [0, 0.1) is 17.3 Å². The van der Waals surface area contributed by atoms with Gasteiger partial charge in [-0.1, -0.05) is 39.5 Å². The molecule has 2 aliphatic rings. The molecule has 2 aliphatic carbocycles. The Bertz CT molecular complexity index is 161. The number of fused-ring (bicyclic) bond motifs is 2. The number of hydrogen-bond donors (Lipinski definition) is 0. The second-order valence-corrected chi connectivity index (χ2v) is 5.28. The molecule has 0 saturated heterocycles. The summed E-state index contributed by atoms with van der Waals surface area (Å²) in [6, 6.07) is 0. The zero-order chi connectivity index (χ0) is 8.60. The van der Waals surface area contributed by atoms with Gasteiger partial charge in [0.05, 0.1) is 0 Å². The molecule has 3 unspecified atom stereocenters. The standard InChI is InChI=1S/C12H22/c1-3-12(2)8-4-5-10-6-7-11(12)9-10/h10-11H,3-9H2,1-2H3. The molecule has 0 heteroatoms. The van der Waals surface area contributed by atoms with Gasteiger partial charge in [0.2, 0.25) is 0 Å². The van der Waals surface area contributed by atoms with Crippen molar-refractivity contribution in [1.82, 2.24) is 0 Å². The monoisotopic (exact) mass is 166 g/mol. The third kappa shape index (κ3) is 1.30. The molecule has 0 radical (unpaired) electrons. The number of rotatable bonds is 1. The van der Waals surface area contributed by atoms with Gasteiger partial charge in [0.1, 0.15) is 0 Å². The van der Waals surface area contributed by atoms with Gasteiger partial charge in [0.15, 0.2) is 0 Å². The molecule has 2 saturated carbocycles. The molecule has 3 atom stereocenters. The average Bonchev–Trinajstić information content (AvgIpc) is 2.45. The average molecular weight is 166 g/mol. The summed E-state index contributed by atoms with van der Waals surface area (Å²) in [6.45, 7) is 4.92. The summed E-state index contributed by atoms with van der Waals surface area (Å²) in [7, 11) is 0. The highest BCUT2D eigenvalue weighted by atomic mass is 14.4. The minimum absolute atomic E-state index is 0.714. The fourth-order valence-electron chi connectivity index (χ4n) is 3.43. The van der Waals surface area contributed by atoms with E-state index in [4.69, 9.17) is 0 Å². The minimum atomic E-state index is 0.714. The van der Waals surface area contributed by atoms with Gasteiger partial charge < -0.3 is 0 Å². The molecule has 0 N–H and O–H groups in total. The van der Waals surface area contributed by atoms with Crippen molar-refractivity contribution >= 4 is 0 Å². The fraction of sp³-hybridized carbons (Fsp3) is 1.00. The molecule has 0 aromatic rings. The van der Waals surface area contributed by atoms with Crippen LogP contribution in [-0.4, -0.2) is 0 Å². The molecule has 0 nitrogen and oxygen atoms in total. The summed E-state index contributed by atoms with van der Waals surface area (Å²) >= 11 is 0. The summed E-state index contributed by atoms with van der Waals surface area (Å²) in [6.07, 6.45) is 10.6. The molecule has 0 amide bonds. The lowest BCUT2D eigenvalue weighted by molar-refractivity contribution is 0.168. The Morgan fingerprint density at radius 2 is 2.08 bits per heavy atom. The van der Waals surface area contributed by atoms with Crippen LogP contribution >= 0.6 is 0 Å². The first kappa shape index (κ1) is 8.59.